The fraction of sp³-hybridized carbons (Fsp3) is 0.400. The van der Waals surface area contributed by atoms with Crippen molar-refractivity contribution >= 4 is 21.6 Å². The third-order valence-electron chi connectivity index (χ3n) is 5.79. The molecule has 118 valence electrons. The third kappa shape index (κ3) is 1.96. The monoisotopic (exact) mass is 322 g/mol. The molecular formula is C20H22N2S. The van der Waals surface area contributed by atoms with Crippen molar-refractivity contribution in [2.45, 2.75) is 44.8 Å². The number of fused-ring (bicyclic) bond motifs is 6. The molecule has 1 fully saturated rings. The minimum atomic E-state index is 0.636. The Kier molecular flexibility index (Phi) is 2.98. The van der Waals surface area contributed by atoms with Crippen LogP contribution in [0.1, 0.15) is 40.6 Å². The fourth-order valence-electron chi connectivity index (χ4n) is 4.67. The Balaban J connectivity index is 1.72. The first-order chi connectivity index (χ1) is 11.2. The summed E-state index contributed by atoms with van der Waals surface area (Å²) in [4.78, 5) is 5.54. The third-order valence-corrected chi connectivity index (χ3v) is 6.87. The maximum atomic E-state index is 2.63. The number of aromatic nitrogens is 1. The van der Waals surface area contributed by atoms with E-state index in [2.05, 4.69) is 59.8 Å². The normalized spacial score (nSPS) is 23.6. The predicted molar refractivity (Wildman–Crippen MR) is 97.3 cm³/mol. The van der Waals surface area contributed by atoms with Crippen molar-refractivity contribution in [3.8, 4) is 0 Å². The molecule has 0 N–H and O–H groups in total. The first-order valence-electron chi connectivity index (χ1n) is 8.59. The molecule has 2 bridgehead atoms. The number of hydrogen-bond acceptors (Lipinski definition) is 2. The van der Waals surface area contributed by atoms with E-state index in [1.165, 1.54) is 39.9 Å². The molecule has 2 atom stereocenters. The van der Waals surface area contributed by atoms with Crippen LogP contribution in [0.3, 0.4) is 0 Å². The summed E-state index contributed by atoms with van der Waals surface area (Å²) >= 11 is 1.96. The molecule has 2 aliphatic rings. The summed E-state index contributed by atoms with van der Waals surface area (Å²) in [5, 5.41) is 1.52. The van der Waals surface area contributed by atoms with Crippen LogP contribution in [0.15, 0.2) is 36.4 Å². The van der Waals surface area contributed by atoms with E-state index in [9.17, 15) is 0 Å². The van der Waals surface area contributed by atoms with E-state index < -0.39 is 0 Å². The zero-order valence-electron chi connectivity index (χ0n) is 13.7. The SMILES string of the molecule is Cc1cc2c3c(n(Cc4ccccc4)c2s1)CC1CCC3N1C. The van der Waals surface area contributed by atoms with Crippen LogP contribution < -0.4 is 0 Å². The Morgan fingerprint density at radius 2 is 2.00 bits per heavy atom. The molecule has 23 heavy (non-hydrogen) atoms. The molecule has 2 unspecified atom stereocenters. The van der Waals surface area contributed by atoms with Gasteiger partial charge in [-0.25, -0.2) is 0 Å². The summed E-state index contributed by atoms with van der Waals surface area (Å²) in [6.45, 7) is 3.25. The molecule has 4 heterocycles. The lowest BCUT2D eigenvalue weighted by Gasteiger charge is -2.32. The average molecular weight is 322 g/mol. The van der Waals surface area contributed by atoms with Gasteiger partial charge in [0, 0.05) is 41.0 Å². The van der Waals surface area contributed by atoms with E-state index >= 15 is 0 Å². The van der Waals surface area contributed by atoms with Gasteiger partial charge in [0.1, 0.15) is 4.83 Å². The molecule has 0 aliphatic carbocycles. The average Bonchev–Trinajstić information content (AvgIpc) is 3.12. The smallest absolute Gasteiger partial charge is 0.103 e. The molecule has 1 aromatic carbocycles. The van der Waals surface area contributed by atoms with E-state index in [0.717, 1.165) is 12.6 Å². The van der Waals surface area contributed by atoms with Crippen LogP contribution in [-0.2, 0) is 13.0 Å². The van der Waals surface area contributed by atoms with Gasteiger partial charge in [-0.2, -0.15) is 0 Å². The van der Waals surface area contributed by atoms with Crippen LogP contribution in [-0.4, -0.2) is 22.6 Å². The van der Waals surface area contributed by atoms with Crippen molar-refractivity contribution in [3.05, 3.63) is 58.1 Å². The zero-order chi connectivity index (χ0) is 15.6. The minimum absolute atomic E-state index is 0.636. The van der Waals surface area contributed by atoms with Crippen molar-refractivity contribution in [3.63, 3.8) is 0 Å². The van der Waals surface area contributed by atoms with E-state index in [0.29, 0.717) is 6.04 Å². The molecule has 0 spiro atoms. The van der Waals surface area contributed by atoms with Gasteiger partial charge in [0.2, 0.25) is 0 Å². The largest absolute Gasteiger partial charge is 0.332 e. The Bertz CT molecular complexity index is 874. The highest BCUT2D eigenvalue weighted by Crippen LogP contribution is 2.48. The standard InChI is InChI=1S/C20H22N2S/c1-13-10-16-19-17-9-8-15(21(17)2)11-18(19)22(20(16)23-13)12-14-6-4-3-5-7-14/h3-7,10,15,17H,8-9,11-12H2,1-2H3. The van der Waals surface area contributed by atoms with Gasteiger partial charge in [-0.3, -0.25) is 4.90 Å². The van der Waals surface area contributed by atoms with Crippen molar-refractivity contribution in [1.29, 1.82) is 0 Å². The number of nitrogens with zero attached hydrogens (tertiary/aromatic N) is 2. The topological polar surface area (TPSA) is 8.17 Å². The number of thiophene rings is 1. The lowest BCUT2D eigenvalue weighted by Crippen LogP contribution is -2.34. The molecule has 0 radical (unpaired) electrons. The summed E-state index contributed by atoms with van der Waals surface area (Å²) in [5.41, 5.74) is 4.65. The van der Waals surface area contributed by atoms with E-state index in [-0.39, 0.29) is 0 Å². The van der Waals surface area contributed by atoms with E-state index in [1.54, 1.807) is 11.3 Å². The molecule has 2 aliphatic heterocycles. The molecule has 1 saturated heterocycles. The summed E-state index contributed by atoms with van der Waals surface area (Å²) in [6, 6.07) is 14.7. The summed E-state index contributed by atoms with van der Waals surface area (Å²) in [5.74, 6) is 0. The minimum Gasteiger partial charge on any atom is -0.332 e. The number of hydrogen-bond donors (Lipinski definition) is 0. The fourth-order valence-corrected chi connectivity index (χ4v) is 5.72. The van der Waals surface area contributed by atoms with Crippen LogP contribution in [0.5, 0.6) is 0 Å². The molecule has 2 aromatic heterocycles. The van der Waals surface area contributed by atoms with Crippen molar-refractivity contribution < 1.29 is 0 Å². The van der Waals surface area contributed by atoms with Gasteiger partial charge in [0.05, 0.1) is 0 Å². The second-order valence-corrected chi connectivity index (χ2v) is 8.36. The number of benzene rings is 1. The van der Waals surface area contributed by atoms with E-state index in [4.69, 9.17) is 0 Å². The summed E-state index contributed by atoms with van der Waals surface area (Å²) < 4.78 is 2.62. The molecule has 0 saturated carbocycles. The van der Waals surface area contributed by atoms with Gasteiger partial charge < -0.3 is 4.57 Å². The van der Waals surface area contributed by atoms with Crippen molar-refractivity contribution in [2.75, 3.05) is 7.05 Å². The van der Waals surface area contributed by atoms with Crippen molar-refractivity contribution in [2.24, 2.45) is 0 Å². The highest BCUT2D eigenvalue weighted by Gasteiger charge is 2.41. The number of likely N-dealkylation sites (N-methyl/N-ethyl adjacent to an activating group) is 1. The van der Waals surface area contributed by atoms with Crippen LogP contribution in [0.2, 0.25) is 0 Å². The molecular weight excluding hydrogens is 300 g/mol. The highest BCUT2D eigenvalue weighted by molar-refractivity contribution is 7.18. The Labute approximate surface area is 141 Å². The summed E-state index contributed by atoms with van der Waals surface area (Å²) in [7, 11) is 2.32. The zero-order valence-corrected chi connectivity index (χ0v) is 14.6. The quantitative estimate of drug-likeness (QED) is 0.661. The molecule has 0 amide bonds. The molecule has 3 heteroatoms. The van der Waals surface area contributed by atoms with Gasteiger partial charge >= 0.3 is 0 Å². The molecule has 3 aromatic rings. The number of rotatable bonds is 2. The highest BCUT2D eigenvalue weighted by atomic mass is 32.1. The van der Waals surface area contributed by atoms with Gasteiger partial charge in [-0.05, 0) is 44.0 Å². The number of aryl methyl sites for hydroxylation is 1. The summed E-state index contributed by atoms with van der Waals surface area (Å²) in [6.07, 6.45) is 3.90. The predicted octanol–water partition coefficient (Wildman–Crippen LogP) is 4.75. The Morgan fingerprint density at radius 3 is 2.83 bits per heavy atom. The van der Waals surface area contributed by atoms with Crippen LogP contribution in [0.25, 0.3) is 10.2 Å². The maximum Gasteiger partial charge on any atom is 0.103 e. The molecule has 5 rings (SSSR count). The molecule has 2 nitrogen and oxygen atoms in total. The van der Waals surface area contributed by atoms with Crippen LogP contribution in [0, 0.1) is 6.92 Å². The Morgan fingerprint density at radius 1 is 1.17 bits per heavy atom. The van der Waals surface area contributed by atoms with Crippen LogP contribution in [0.4, 0.5) is 0 Å². The first kappa shape index (κ1) is 13.8. The lowest BCUT2D eigenvalue weighted by atomic mass is 9.98. The Hall–Kier alpha value is -1.58. The van der Waals surface area contributed by atoms with Gasteiger partial charge in [0.25, 0.3) is 0 Å². The second kappa shape index (κ2) is 4.96. The second-order valence-electron chi connectivity index (χ2n) is 7.12. The van der Waals surface area contributed by atoms with Gasteiger partial charge in [0.15, 0.2) is 0 Å². The van der Waals surface area contributed by atoms with E-state index in [1.807, 2.05) is 11.3 Å². The van der Waals surface area contributed by atoms with Crippen LogP contribution >= 0.6 is 11.3 Å². The lowest BCUT2D eigenvalue weighted by molar-refractivity contribution is 0.222. The maximum absolute atomic E-state index is 2.63. The van der Waals surface area contributed by atoms with Gasteiger partial charge in [-0.15, -0.1) is 11.3 Å². The van der Waals surface area contributed by atoms with Gasteiger partial charge in [-0.1, -0.05) is 30.3 Å². The van der Waals surface area contributed by atoms with Crippen molar-refractivity contribution in [1.82, 2.24) is 9.47 Å². The first-order valence-corrected chi connectivity index (χ1v) is 9.41.